The lowest BCUT2D eigenvalue weighted by molar-refractivity contribution is 0.154. The number of imidazole rings is 1. The first-order chi connectivity index (χ1) is 12.2. The Hall–Kier alpha value is -2.70. The number of carbonyl (C=O) groups is 1. The highest BCUT2D eigenvalue weighted by atomic mass is 16.6. The molecule has 2 heterocycles. The van der Waals surface area contributed by atoms with E-state index in [2.05, 4.69) is 14.9 Å². The maximum Gasteiger partial charge on any atom is 0.414 e. The highest BCUT2D eigenvalue weighted by Crippen LogP contribution is 2.36. The lowest BCUT2D eigenvalue weighted by Gasteiger charge is -2.32. The number of nitrogens with zero attached hydrogens (tertiary/aromatic N) is 3. The Kier molecular flexibility index (Phi) is 5.42. The molecule has 1 aliphatic rings. The molecule has 0 radical (unpaired) electrons. The predicted octanol–water partition coefficient (Wildman–Crippen LogP) is 3.18. The zero-order valence-electron chi connectivity index (χ0n) is 14.7. The third-order valence-corrected chi connectivity index (χ3v) is 4.09. The summed E-state index contributed by atoms with van der Waals surface area (Å²) >= 11 is 0. The summed E-state index contributed by atoms with van der Waals surface area (Å²) in [5.74, 6) is 0.823. The molecule has 7 nitrogen and oxygen atoms in total. The lowest BCUT2D eigenvalue weighted by atomic mass is 10.2. The average Bonchev–Trinajstić information content (AvgIpc) is 3.14. The van der Waals surface area contributed by atoms with Crippen LogP contribution < -0.4 is 14.5 Å². The molecule has 2 aromatic rings. The number of anilines is 2. The summed E-state index contributed by atoms with van der Waals surface area (Å²) in [7, 11) is 0. The Morgan fingerprint density at radius 1 is 1.44 bits per heavy atom. The Morgan fingerprint density at radius 3 is 3.04 bits per heavy atom. The lowest BCUT2D eigenvalue weighted by Crippen LogP contribution is -2.34. The molecule has 0 atom stereocenters. The van der Waals surface area contributed by atoms with E-state index in [1.165, 1.54) is 0 Å². The monoisotopic (exact) mass is 344 g/mol. The number of ether oxygens (including phenoxy) is 2. The number of H-pyrrole nitrogens is 1. The summed E-state index contributed by atoms with van der Waals surface area (Å²) in [6, 6.07) is 5.79. The zero-order chi connectivity index (χ0) is 17.6. The van der Waals surface area contributed by atoms with Crippen molar-refractivity contribution in [2.45, 2.75) is 26.8 Å². The molecule has 0 fully saturated rings. The molecule has 0 saturated carbocycles. The van der Waals surface area contributed by atoms with Crippen molar-refractivity contribution in [1.29, 1.82) is 0 Å². The van der Waals surface area contributed by atoms with Crippen molar-refractivity contribution in [2.75, 3.05) is 36.1 Å². The van der Waals surface area contributed by atoms with Gasteiger partial charge in [0, 0.05) is 18.4 Å². The SMILES string of the molecule is CCCOC(=O)N(CC)c1ccc2c(c1)N(Cc1c[nH]cn1)CCO2. The summed E-state index contributed by atoms with van der Waals surface area (Å²) in [5.41, 5.74) is 2.74. The van der Waals surface area contributed by atoms with Crippen LogP contribution in [-0.4, -0.2) is 42.4 Å². The highest BCUT2D eigenvalue weighted by molar-refractivity contribution is 5.89. The fourth-order valence-corrected chi connectivity index (χ4v) is 2.85. The predicted molar refractivity (Wildman–Crippen MR) is 96.2 cm³/mol. The van der Waals surface area contributed by atoms with Crippen LogP contribution in [0.3, 0.4) is 0 Å². The van der Waals surface area contributed by atoms with Crippen molar-refractivity contribution in [2.24, 2.45) is 0 Å². The number of amides is 1. The van der Waals surface area contributed by atoms with Gasteiger partial charge in [-0.3, -0.25) is 4.90 Å². The molecule has 0 spiro atoms. The number of benzene rings is 1. The molecule has 0 bridgehead atoms. The second-order valence-electron chi connectivity index (χ2n) is 5.84. The van der Waals surface area contributed by atoms with Gasteiger partial charge in [0.15, 0.2) is 0 Å². The summed E-state index contributed by atoms with van der Waals surface area (Å²) in [6.07, 6.45) is 4.05. The van der Waals surface area contributed by atoms with E-state index in [0.717, 1.165) is 35.8 Å². The van der Waals surface area contributed by atoms with Crippen LogP contribution in [0.1, 0.15) is 26.0 Å². The van der Waals surface area contributed by atoms with Gasteiger partial charge in [-0.25, -0.2) is 9.78 Å². The van der Waals surface area contributed by atoms with Crippen molar-refractivity contribution in [1.82, 2.24) is 9.97 Å². The Bertz CT molecular complexity index is 702. The normalized spacial score (nSPS) is 13.1. The largest absolute Gasteiger partial charge is 0.490 e. The van der Waals surface area contributed by atoms with Gasteiger partial charge < -0.3 is 19.4 Å². The van der Waals surface area contributed by atoms with Gasteiger partial charge in [0.25, 0.3) is 0 Å². The number of aromatic amines is 1. The second kappa shape index (κ2) is 7.92. The quantitative estimate of drug-likeness (QED) is 0.871. The minimum atomic E-state index is -0.320. The summed E-state index contributed by atoms with van der Waals surface area (Å²) in [6.45, 7) is 6.98. The fourth-order valence-electron chi connectivity index (χ4n) is 2.85. The van der Waals surface area contributed by atoms with Gasteiger partial charge in [-0.05, 0) is 31.5 Å². The summed E-state index contributed by atoms with van der Waals surface area (Å²) in [5, 5.41) is 0. The molecule has 134 valence electrons. The van der Waals surface area contributed by atoms with Crippen LogP contribution in [-0.2, 0) is 11.3 Å². The number of carbonyl (C=O) groups excluding carboxylic acids is 1. The van der Waals surface area contributed by atoms with Crippen LogP contribution in [0.5, 0.6) is 5.75 Å². The Morgan fingerprint density at radius 2 is 2.32 bits per heavy atom. The molecular weight excluding hydrogens is 320 g/mol. The molecule has 0 unspecified atom stereocenters. The van der Waals surface area contributed by atoms with E-state index >= 15 is 0 Å². The van der Waals surface area contributed by atoms with Crippen LogP contribution in [0, 0.1) is 0 Å². The second-order valence-corrected chi connectivity index (χ2v) is 5.84. The Balaban J connectivity index is 1.84. The van der Waals surface area contributed by atoms with Crippen molar-refractivity contribution < 1.29 is 14.3 Å². The van der Waals surface area contributed by atoms with Crippen LogP contribution in [0.2, 0.25) is 0 Å². The van der Waals surface area contributed by atoms with Crippen molar-refractivity contribution >= 4 is 17.5 Å². The standard InChI is InChI=1S/C18H24N4O3/c1-3-8-25-18(23)22(4-2)15-5-6-17-16(10-15)21(7-9-24-17)12-14-11-19-13-20-14/h5-6,10-11,13H,3-4,7-9,12H2,1-2H3,(H,19,20). The van der Waals surface area contributed by atoms with E-state index < -0.39 is 0 Å². The number of nitrogens with one attached hydrogen (secondary N) is 1. The van der Waals surface area contributed by atoms with E-state index in [0.29, 0.717) is 26.3 Å². The number of fused-ring (bicyclic) bond motifs is 1. The molecule has 7 heteroatoms. The van der Waals surface area contributed by atoms with Gasteiger partial charge in [0.1, 0.15) is 12.4 Å². The van der Waals surface area contributed by atoms with Gasteiger partial charge in [-0.15, -0.1) is 0 Å². The summed E-state index contributed by atoms with van der Waals surface area (Å²) < 4.78 is 11.0. The number of hydrogen-bond donors (Lipinski definition) is 1. The molecule has 1 N–H and O–H groups in total. The minimum absolute atomic E-state index is 0.320. The minimum Gasteiger partial charge on any atom is -0.490 e. The van der Waals surface area contributed by atoms with E-state index in [-0.39, 0.29) is 6.09 Å². The number of rotatable bonds is 6. The zero-order valence-corrected chi connectivity index (χ0v) is 14.7. The van der Waals surface area contributed by atoms with E-state index in [9.17, 15) is 4.79 Å². The van der Waals surface area contributed by atoms with Crippen LogP contribution in [0.4, 0.5) is 16.2 Å². The van der Waals surface area contributed by atoms with Crippen LogP contribution >= 0.6 is 0 Å². The van der Waals surface area contributed by atoms with Crippen molar-refractivity contribution in [3.05, 3.63) is 36.4 Å². The molecule has 1 aromatic carbocycles. The van der Waals surface area contributed by atoms with Gasteiger partial charge >= 0.3 is 6.09 Å². The maximum absolute atomic E-state index is 12.3. The first-order valence-electron chi connectivity index (χ1n) is 8.66. The van der Waals surface area contributed by atoms with Gasteiger partial charge in [0.05, 0.1) is 37.4 Å². The highest BCUT2D eigenvalue weighted by Gasteiger charge is 2.22. The molecule has 0 saturated heterocycles. The molecule has 1 aliphatic heterocycles. The van der Waals surface area contributed by atoms with Crippen molar-refractivity contribution in [3.8, 4) is 5.75 Å². The topological polar surface area (TPSA) is 70.7 Å². The summed E-state index contributed by atoms with van der Waals surface area (Å²) in [4.78, 5) is 23.4. The van der Waals surface area contributed by atoms with Gasteiger partial charge in [0.2, 0.25) is 0 Å². The molecule has 1 aromatic heterocycles. The molecule has 3 rings (SSSR count). The third-order valence-electron chi connectivity index (χ3n) is 4.09. The fraction of sp³-hybridized carbons (Fsp3) is 0.444. The number of aromatic nitrogens is 2. The van der Waals surface area contributed by atoms with Gasteiger partial charge in [-0.1, -0.05) is 6.92 Å². The Labute approximate surface area is 147 Å². The third kappa shape index (κ3) is 3.87. The van der Waals surface area contributed by atoms with E-state index in [4.69, 9.17) is 9.47 Å². The number of hydrogen-bond acceptors (Lipinski definition) is 5. The van der Waals surface area contributed by atoms with Gasteiger partial charge in [-0.2, -0.15) is 0 Å². The van der Waals surface area contributed by atoms with Crippen LogP contribution in [0.15, 0.2) is 30.7 Å². The smallest absolute Gasteiger partial charge is 0.414 e. The van der Waals surface area contributed by atoms with Crippen molar-refractivity contribution in [3.63, 3.8) is 0 Å². The molecular formula is C18H24N4O3. The first-order valence-corrected chi connectivity index (χ1v) is 8.66. The maximum atomic E-state index is 12.3. The molecule has 0 aliphatic carbocycles. The van der Waals surface area contributed by atoms with Crippen LogP contribution in [0.25, 0.3) is 0 Å². The molecule has 25 heavy (non-hydrogen) atoms. The van der Waals surface area contributed by atoms with E-state index in [1.807, 2.05) is 38.2 Å². The molecule has 1 amide bonds. The van der Waals surface area contributed by atoms with E-state index in [1.54, 1.807) is 11.2 Å². The average molecular weight is 344 g/mol. The first kappa shape index (κ1) is 17.1.